The minimum Gasteiger partial charge on any atom is -0.356 e. The van der Waals surface area contributed by atoms with Crippen LogP contribution in [-0.4, -0.2) is 5.60 Å². The molecule has 0 saturated carbocycles. The number of rotatable bonds is 1. The highest BCUT2D eigenvalue weighted by Gasteiger charge is 2.55. The fraction of sp³-hybridized carbons (Fsp3) is 0.333. The van der Waals surface area contributed by atoms with Crippen molar-refractivity contribution >= 4 is 6.08 Å². The normalized spacial score (nSPS) is 33.8. The standard InChI is InChI=1S/C12H12O/c1-2-12-8-7-9-5-3-4-6-10(9)11(12)13-12/h3-8,11H,2H2,1H3. The van der Waals surface area contributed by atoms with Crippen LogP contribution < -0.4 is 0 Å². The summed E-state index contributed by atoms with van der Waals surface area (Å²) in [7, 11) is 0. The summed E-state index contributed by atoms with van der Waals surface area (Å²) in [6, 6.07) is 8.47. The van der Waals surface area contributed by atoms with Crippen LogP contribution in [0.1, 0.15) is 30.6 Å². The van der Waals surface area contributed by atoms with Crippen LogP contribution in [0.25, 0.3) is 6.08 Å². The van der Waals surface area contributed by atoms with Crippen LogP contribution in [0.2, 0.25) is 0 Å². The Labute approximate surface area is 78.0 Å². The van der Waals surface area contributed by atoms with E-state index >= 15 is 0 Å². The van der Waals surface area contributed by atoms with Gasteiger partial charge in [0.05, 0.1) is 0 Å². The number of epoxide rings is 1. The lowest BCUT2D eigenvalue weighted by atomic mass is 9.88. The van der Waals surface area contributed by atoms with Crippen LogP contribution in [0.4, 0.5) is 0 Å². The van der Waals surface area contributed by atoms with E-state index in [0.29, 0.717) is 6.10 Å². The van der Waals surface area contributed by atoms with E-state index in [0.717, 1.165) is 6.42 Å². The molecule has 0 spiro atoms. The van der Waals surface area contributed by atoms with Gasteiger partial charge in [-0.1, -0.05) is 37.3 Å². The van der Waals surface area contributed by atoms with Crippen molar-refractivity contribution in [1.29, 1.82) is 0 Å². The van der Waals surface area contributed by atoms with Crippen LogP contribution in [-0.2, 0) is 4.74 Å². The molecule has 1 nitrogen and oxygen atoms in total. The highest BCUT2D eigenvalue weighted by molar-refractivity contribution is 5.62. The number of fused-ring (bicyclic) bond motifs is 3. The summed E-state index contributed by atoms with van der Waals surface area (Å²) in [4.78, 5) is 0. The molecule has 1 saturated heterocycles. The summed E-state index contributed by atoms with van der Waals surface area (Å²) >= 11 is 0. The molecule has 0 amide bonds. The fourth-order valence-electron chi connectivity index (χ4n) is 2.16. The molecule has 1 heteroatoms. The van der Waals surface area contributed by atoms with E-state index in [9.17, 15) is 0 Å². The van der Waals surface area contributed by atoms with Crippen LogP contribution in [0.3, 0.4) is 0 Å². The van der Waals surface area contributed by atoms with E-state index in [-0.39, 0.29) is 5.60 Å². The van der Waals surface area contributed by atoms with Gasteiger partial charge in [-0.05, 0) is 23.6 Å². The van der Waals surface area contributed by atoms with Gasteiger partial charge in [0.25, 0.3) is 0 Å². The van der Waals surface area contributed by atoms with E-state index in [1.807, 2.05) is 0 Å². The minimum absolute atomic E-state index is 0.0500. The maximum absolute atomic E-state index is 5.75. The third-order valence-electron chi connectivity index (χ3n) is 3.10. The van der Waals surface area contributed by atoms with Crippen molar-refractivity contribution in [3.8, 4) is 0 Å². The Balaban J connectivity index is 2.12. The molecule has 1 fully saturated rings. The topological polar surface area (TPSA) is 12.5 Å². The van der Waals surface area contributed by atoms with E-state index in [4.69, 9.17) is 4.74 Å². The van der Waals surface area contributed by atoms with Gasteiger partial charge in [-0.25, -0.2) is 0 Å². The molecule has 2 unspecified atom stereocenters. The minimum atomic E-state index is 0.0500. The van der Waals surface area contributed by atoms with Crippen molar-refractivity contribution in [1.82, 2.24) is 0 Å². The summed E-state index contributed by atoms with van der Waals surface area (Å²) in [6.07, 6.45) is 5.80. The largest absolute Gasteiger partial charge is 0.356 e. The third-order valence-corrected chi connectivity index (χ3v) is 3.10. The molecular weight excluding hydrogens is 160 g/mol. The predicted octanol–water partition coefficient (Wildman–Crippen LogP) is 2.93. The Morgan fingerprint density at radius 2 is 2.23 bits per heavy atom. The SMILES string of the molecule is CCC12C=Cc3ccccc3C1O2. The highest BCUT2D eigenvalue weighted by atomic mass is 16.6. The molecule has 0 N–H and O–H groups in total. The molecule has 0 bridgehead atoms. The third kappa shape index (κ3) is 0.853. The summed E-state index contributed by atoms with van der Waals surface area (Å²) < 4.78 is 5.75. The van der Waals surface area contributed by atoms with Crippen LogP contribution in [0.15, 0.2) is 30.3 Å². The Hall–Kier alpha value is -1.08. The molecule has 13 heavy (non-hydrogen) atoms. The zero-order valence-electron chi connectivity index (χ0n) is 7.66. The summed E-state index contributed by atoms with van der Waals surface area (Å²) in [5.74, 6) is 0. The van der Waals surface area contributed by atoms with Gasteiger partial charge in [0, 0.05) is 0 Å². The van der Waals surface area contributed by atoms with Crippen molar-refractivity contribution in [3.05, 3.63) is 41.5 Å². The molecule has 2 aliphatic rings. The second-order valence-electron chi connectivity index (χ2n) is 3.77. The first-order valence-corrected chi connectivity index (χ1v) is 4.82. The number of hydrogen-bond acceptors (Lipinski definition) is 1. The molecule has 66 valence electrons. The number of ether oxygens (including phenoxy) is 1. The Kier molecular flexibility index (Phi) is 1.26. The van der Waals surface area contributed by atoms with Crippen molar-refractivity contribution < 1.29 is 4.74 Å². The second-order valence-corrected chi connectivity index (χ2v) is 3.77. The summed E-state index contributed by atoms with van der Waals surface area (Å²) in [6.45, 7) is 2.18. The van der Waals surface area contributed by atoms with E-state index in [2.05, 4.69) is 43.3 Å². The van der Waals surface area contributed by atoms with Crippen molar-refractivity contribution in [2.45, 2.75) is 25.0 Å². The molecule has 0 radical (unpaired) electrons. The van der Waals surface area contributed by atoms with Gasteiger partial charge >= 0.3 is 0 Å². The first kappa shape index (κ1) is 7.34. The van der Waals surface area contributed by atoms with Crippen LogP contribution in [0.5, 0.6) is 0 Å². The van der Waals surface area contributed by atoms with Gasteiger partial charge in [-0.15, -0.1) is 0 Å². The van der Waals surface area contributed by atoms with Crippen LogP contribution in [0, 0.1) is 0 Å². The monoisotopic (exact) mass is 172 g/mol. The maximum Gasteiger partial charge on any atom is 0.118 e. The molecule has 1 aromatic rings. The average molecular weight is 172 g/mol. The van der Waals surface area contributed by atoms with E-state index in [1.54, 1.807) is 0 Å². The van der Waals surface area contributed by atoms with Gasteiger partial charge in [-0.2, -0.15) is 0 Å². The summed E-state index contributed by atoms with van der Waals surface area (Å²) in [5, 5.41) is 0. The fourth-order valence-corrected chi connectivity index (χ4v) is 2.16. The maximum atomic E-state index is 5.75. The van der Waals surface area contributed by atoms with Gasteiger partial charge in [0.1, 0.15) is 11.7 Å². The van der Waals surface area contributed by atoms with Crippen molar-refractivity contribution in [2.75, 3.05) is 0 Å². The second kappa shape index (κ2) is 2.24. The molecule has 3 rings (SSSR count). The Bertz CT molecular complexity index is 380. The van der Waals surface area contributed by atoms with Crippen molar-refractivity contribution in [3.63, 3.8) is 0 Å². The Morgan fingerprint density at radius 3 is 3.08 bits per heavy atom. The lowest BCUT2D eigenvalue weighted by Crippen LogP contribution is -2.09. The van der Waals surface area contributed by atoms with Gasteiger partial charge in [0.2, 0.25) is 0 Å². The molecule has 1 heterocycles. The number of hydrogen-bond donors (Lipinski definition) is 0. The molecule has 1 aliphatic carbocycles. The molecular formula is C12H12O. The van der Waals surface area contributed by atoms with Crippen LogP contribution >= 0.6 is 0 Å². The zero-order valence-corrected chi connectivity index (χ0v) is 7.66. The first-order valence-electron chi connectivity index (χ1n) is 4.82. The van der Waals surface area contributed by atoms with Crippen molar-refractivity contribution in [2.24, 2.45) is 0 Å². The predicted molar refractivity (Wildman–Crippen MR) is 52.3 cm³/mol. The lowest BCUT2D eigenvalue weighted by Gasteiger charge is -2.11. The lowest BCUT2D eigenvalue weighted by molar-refractivity contribution is 0.328. The van der Waals surface area contributed by atoms with E-state index in [1.165, 1.54) is 11.1 Å². The van der Waals surface area contributed by atoms with Gasteiger partial charge in [0.15, 0.2) is 0 Å². The molecule has 0 aromatic heterocycles. The molecule has 1 aromatic carbocycles. The zero-order chi connectivity index (χ0) is 8.89. The molecule has 1 aliphatic heterocycles. The van der Waals surface area contributed by atoms with E-state index < -0.39 is 0 Å². The van der Waals surface area contributed by atoms with Gasteiger partial charge in [-0.3, -0.25) is 0 Å². The number of benzene rings is 1. The average Bonchev–Trinajstić information content (AvgIpc) is 2.93. The summed E-state index contributed by atoms with van der Waals surface area (Å²) in [5.41, 5.74) is 2.72. The highest BCUT2D eigenvalue weighted by Crippen LogP contribution is 2.56. The van der Waals surface area contributed by atoms with Gasteiger partial charge < -0.3 is 4.74 Å². The first-order chi connectivity index (χ1) is 6.36. The molecule has 2 atom stereocenters. The smallest absolute Gasteiger partial charge is 0.118 e. The quantitative estimate of drug-likeness (QED) is 0.593. The Morgan fingerprint density at radius 1 is 1.38 bits per heavy atom.